The Morgan fingerprint density at radius 1 is 0.909 bits per heavy atom. The van der Waals surface area contributed by atoms with Crippen molar-refractivity contribution >= 4 is 39.3 Å². The number of imide groups is 1. The molecular weight excluding hydrogens is 590 g/mol. The first kappa shape index (κ1) is 30.5. The average Bonchev–Trinajstić information content (AvgIpc) is 3.24. The third kappa shape index (κ3) is 6.09. The maximum absolute atomic E-state index is 13.7. The van der Waals surface area contributed by atoms with Gasteiger partial charge in [0.05, 0.1) is 16.8 Å². The number of nitro groups is 1. The second-order valence-electron chi connectivity index (χ2n) is 11.1. The molecule has 0 N–H and O–H groups in total. The average molecular weight is 620 g/mol. The SMILES string of the molecule is Cc1ccc(S(=O)(=O)Oc2ccc(C(=O)CN(C(=O)c3ccc([N+](=O)[O-])cc3)N3C(=O)[C@H]4C[C@H](C)CC[C@H]4C3=O)cc2)cc1. The van der Waals surface area contributed by atoms with E-state index >= 15 is 0 Å². The number of hydrazine groups is 1. The van der Waals surface area contributed by atoms with Gasteiger partial charge in [-0.2, -0.15) is 13.4 Å². The lowest BCUT2D eigenvalue weighted by Gasteiger charge is -2.30. The molecule has 1 aliphatic carbocycles. The van der Waals surface area contributed by atoms with Gasteiger partial charge in [-0.05, 0) is 80.6 Å². The van der Waals surface area contributed by atoms with Crippen LogP contribution in [0.15, 0.2) is 77.7 Å². The first-order chi connectivity index (χ1) is 20.9. The summed E-state index contributed by atoms with van der Waals surface area (Å²) in [6, 6.07) is 15.9. The number of fused-ring (bicyclic) bond motifs is 1. The number of hydrogen-bond donors (Lipinski definition) is 0. The number of hydrogen-bond acceptors (Lipinski definition) is 9. The summed E-state index contributed by atoms with van der Waals surface area (Å²) in [4.78, 5) is 64.5. The first-order valence-electron chi connectivity index (χ1n) is 13.9. The van der Waals surface area contributed by atoms with Crippen molar-refractivity contribution in [2.75, 3.05) is 6.54 Å². The van der Waals surface area contributed by atoms with Crippen molar-refractivity contribution in [3.05, 3.63) is 99.6 Å². The van der Waals surface area contributed by atoms with Crippen LogP contribution in [-0.4, -0.2) is 53.4 Å². The van der Waals surface area contributed by atoms with Gasteiger partial charge in [-0.15, -0.1) is 0 Å². The second-order valence-corrected chi connectivity index (χ2v) is 12.6. The molecule has 0 unspecified atom stereocenters. The van der Waals surface area contributed by atoms with Crippen LogP contribution in [0.5, 0.6) is 5.75 Å². The molecule has 1 saturated heterocycles. The fraction of sp³-hybridized carbons (Fsp3) is 0.290. The van der Waals surface area contributed by atoms with Gasteiger partial charge in [-0.25, -0.2) is 5.01 Å². The normalized spacial score (nSPS) is 19.8. The number of non-ortho nitro benzene ring substituents is 1. The number of carbonyl (C=O) groups is 4. The highest BCUT2D eigenvalue weighted by molar-refractivity contribution is 7.87. The predicted octanol–water partition coefficient (Wildman–Crippen LogP) is 4.33. The summed E-state index contributed by atoms with van der Waals surface area (Å²) in [5.74, 6) is -3.69. The number of benzene rings is 3. The summed E-state index contributed by atoms with van der Waals surface area (Å²) in [5, 5.41) is 12.6. The lowest BCUT2D eigenvalue weighted by Crippen LogP contribution is -2.52. The summed E-state index contributed by atoms with van der Waals surface area (Å²) in [6.45, 7) is 3.11. The van der Waals surface area contributed by atoms with E-state index in [2.05, 4.69) is 0 Å². The minimum atomic E-state index is -4.13. The molecule has 0 radical (unpaired) electrons. The van der Waals surface area contributed by atoms with Crippen LogP contribution in [0.1, 0.15) is 52.5 Å². The number of nitro benzene ring substituents is 1. The van der Waals surface area contributed by atoms with E-state index in [0.717, 1.165) is 34.1 Å². The van der Waals surface area contributed by atoms with Crippen LogP contribution in [-0.2, 0) is 19.7 Å². The molecule has 2 aliphatic rings. The van der Waals surface area contributed by atoms with Crippen molar-refractivity contribution in [2.45, 2.75) is 38.0 Å². The van der Waals surface area contributed by atoms with E-state index in [-0.39, 0.29) is 33.4 Å². The molecule has 13 heteroatoms. The zero-order valence-electron chi connectivity index (χ0n) is 23.9. The standard InChI is InChI=1S/C31H29N3O9S/c1-19-3-14-25(15-4-19)44(41,42)43-24-12-8-21(9-13-24)28(35)18-32(29(36)22-6-10-23(11-7-22)34(39)40)33-30(37)26-16-5-20(2)17-27(26)31(33)38/h3-4,6-15,20,26-27H,5,16-18H2,1-2H3/t20-,26-,27+/m1/s1. The Labute approximate surface area is 253 Å². The van der Waals surface area contributed by atoms with Crippen molar-refractivity contribution in [1.29, 1.82) is 0 Å². The largest absolute Gasteiger partial charge is 0.379 e. The Bertz CT molecular complexity index is 1740. The highest BCUT2D eigenvalue weighted by Gasteiger charge is 2.52. The van der Waals surface area contributed by atoms with Gasteiger partial charge in [0.25, 0.3) is 23.4 Å². The lowest BCUT2D eigenvalue weighted by atomic mass is 9.76. The number of ketones is 1. The van der Waals surface area contributed by atoms with Crippen LogP contribution >= 0.6 is 0 Å². The van der Waals surface area contributed by atoms with Gasteiger partial charge in [-0.1, -0.05) is 24.6 Å². The molecule has 3 aromatic rings. The van der Waals surface area contributed by atoms with Crippen molar-refractivity contribution in [3.8, 4) is 5.75 Å². The molecule has 0 spiro atoms. The first-order valence-corrected chi connectivity index (χ1v) is 15.3. The molecule has 3 aromatic carbocycles. The van der Waals surface area contributed by atoms with Gasteiger partial charge < -0.3 is 4.18 Å². The molecule has 1 heterocycles. The minimum Gasteiger partial charge on any atom is -0.379 e. The monoisotopic (exact) mass is 619 g/mol. The van der Waals surface area contributed by atoms with E-state index in [0.29, 0.717) is 12.8 Å². The van der Waals surface area contributed by atoms with Crippen LogP contribution in [0, 0.1) is 34.8 Å². The topological polar surface area (TPSA) is 161 Å². The lowest BCUT2D eigenvalue weighted by molar-refractivity contribution is -0.384. The number of Topliss-reactive ketones (excluding diaryl/α,β-unsaturated/α-hetero) is 1. The van der Waals surface area contributed by atoms with Gasteiger partial charge in [-0.3, -0.25) is 29.3 Å². The van der Waals surface area contributed by atoms with Crippen LogP contribution in [0.3, 0.4) is 0 Å². The molecule has 1 saturated carbocycles. The molecule has 12 nitrogen and oxygen atoms in total. The Balaban J connectivity index is 1.40. The molecule has 1 aliphatic heterocycles. The summed E-state index contributed by atoms with van der Waals surface area (Å²) < 4.78 is 30.5. The second kappa shape index (κ2) is 12.0. The molecule has 44 heavy (non-hydrogen) atoms. The molecule has 5 rings (SSSR count). The number of rotatable bonds is 9. The molecule has 3 amide bonds. The van der Waals surface area contributed by atoms with Gasteiger partial charge in [0.1, 0.15) is 17.2 Å². The van der Waals surface area contributed by atoms with Gasteiger partial charge in [0.2, 0.25) is 0 Å². The quantitative estimate of drug-likeness (QED) is 0.112. The number of aryl methyl sites for hydroxylation is 1. The molecule has 0 bridgehead atoms. The zero-order chi connectivity index (χ0) is 31.8. The van der Waals surface area contributed by atoms with Gasteiger partial charge >= 0.3 is 10.1 Å². The predicted molar refractivity (Wildman–Crippen MR) is 156 cm³/mol. The number of nitrogens with zero attached hydrogens (tertiary/aromatic N) is 3. The van der Waals surface area contributed by atoms with Crippen LogP contribution < -0.4 is 4.18 Å². The maximum Gasteiger partial charge on any atom is 0.339 e. The highest BCUT2D eigenvalue weighted by Crippen LogP contribution is 2.41. The number of carbonyl (C=O) groups excluding carboxylic acids is 4. The van der Waals surface area contributed by atoms with Crippen LogP contribution in [0.2, 0.25) is 0 Å². The molecule has 0 aromatic heterocycles. The molecule has 2 fully saturated rings. The third-order valence-corrected chi connectivity index (χ3v) is 9.21. The summed E-state index contributed by atoms with van der Waals surface area (Å²) >= 11 is 0. The van der Waals surface area contributed by atoms with E-state index in [4.69, 9.17) is 4.18 Å². The number of amides is 3. The van der Waals surface area contributed by atoms with E-state index in [1.807, 2.05) is 13.8 Å². The Kier molecular flexibility index (Phi) is 8.33. The molecule has 3 atom stereocenters. The smallest absolute Gasteiger partial charge is 0.339 e. The van der Waals surface area contributed by atoms with E-state index < -0.39 is 56.9 Å². The Hall–Kier alpha value is -4.91. The summed E-state index contributed by atoms with van der Waals surface area (Å²) in [5.41, 5.74) is 0.622. The minimum absolute atomic E-state index is 0.0430. The highest BCUT2D eigenvalue weighted by atomic mass is 32.2. The Morgan fingerprint density at radius 2 is 1.50 bits per heavy atom. The molecular formula is C31H29N3O9S. The summed E-state index contributed by atoms with van der Waals surface area (Å²) in [6.07, 6.45) is 1.71. The summed E-state index contributed by atoms with van der Waals surface area (Å²) in [7, 11) is -4.13. The van der Waals surface area contributed by atoms with Crippen LogP contribution in [0.4, 0.5) is 5.69 Å². The third-order valence-electron chi connectivity index (χ3n) is 7.95. The van der Waals surface area contributed by atoms with E-state index in [1.165, 1.54) is 48.5 Å². The van der Waals surface area contributed by atoms with Gasteiger partial charge in [0.15, 0.2) is 5.78 Å². The van der Waals surface area contributed by atoms with Crippen molar-refractivity contribution in [3.63, 3.8) is 0 Å². The van der Waals surface area contributed by atoms with Crippen molar-refractivity contribution in [2.24, 2.45) is 17.8 Å². The van der Waals surface area contributed by atoms with Gasteiger partial charge in [0, 0.05) is 23.3 Å². The fourth-order valence-electron chi connectivity index (χ4n) is 5.52. The van der Waals surface area contributed by atoms with E-state index in [9.17, 15) is 37.7 Å². The van der Waals surface area contributed by atoms with Crippen molar-refractivity contribution in [1.82, 2.24) is 10.0 Å². The Morgan fingerprint density at radius 3 is 2.11 bits per heavy atom. The van der Waals surface area contributed by atoms with Crippen molar-refractivity contribution < 1.29 is 36.7 Å². The van der Waals surface area contributed by atoms with E-state index in [1.54, 1.807) is 12.1 Å². The molecule has 228 valence electrons. The fourth-order valence-corrected chi connectivity index (χ4v) is 6.45. The van der Waals surface area contributed by atoms with Crippen LogP contribution in [0.25, 0.3) is 0 Å². The zero-order valence-corrected chi connectivity index (χ0v) is 24.7. The maximum atomic E-state index is 13.7.